The average molecular weight is 442 g/mol. The summed E-state index contributed by atoms with van der Waals surface area (Å²) in [4.78, 5) is 24.6. The van der Waals surface area contributed by atoms with Gasteiger partial charge in [-0.1, -0.05) is 39.0 Å². The number of aliphatic imine (C=N–C) groups is 1. The van der Waals surface area contributed by atoms with Crippen LogP contribution in [0.25, 0.3) is 22.0 Å². The summed E-state index contributed by atoms with van der Waals surface area (Å²) in [6.07, 6.45) is 0.950. The molecule has 1 aromatic heterocycles. The number of morpholine rings is 1. The molecule has 1 fully saturated rings. The Hall–Kier alpha value is -3.05. The number of ether oxygens (including phenoxy) is 1. The monoisotopic (exact) mass is 441 g/mol. The van der Waals surface area contributed by atoms with Gasteiger partial charge < -0.3 is 9.64 Å². The molecule has 0 bridgehead atoms. The summed E-state index contributed by atoms with van der Waals surface area (Å²) in [5.41, 5.74) is 8.68. The van der Waals surface area contributed by atoms with Gasteiger partial charge in [-0.15, -0.1) is 0 Å². The number of aryl methyl sites for hydroxylation is 1. The Bertz CT molecular complexity index is 1260. The van der Waals surface area contributed by atoms with Gasteiger partial charge in [-0.05, 0) is 59.9 Å². The Labute approximate surface area is 195 Å². The van der Waals surface area contributed by atoms with Crippen LogP contribution in [0.4, 0.5) is 0 Å². The summed E-state index contributed by atoms with van der Waals surface area (Å²) in [5.74, 6) is 0.0585. The topological polar surface area (TPSA) is 54.8 Å². The zero-order chi connectivity index (χ0) is 23.2. The Morgan fingerprint density at radius 2 is 1.79 bits per heavy atom. The number of rotatable bonds is 2. The molecular formula is C28H31N3O2. The fourth-order valence-corrected chi connectivity index (χ4v) is 4.89. The molecule has 3 aromatic rings. The van der Waals surface area contributed by atoms with Crippen molar-refractivity contribution in [1.29, 1.82) is 0 Å². The number of amides is 1. The first-order chi connectivity index (χ1) is 15.8. The summed E-state index contributed by atoms with van der Waals surface area (Å²) >= 11 is 0. The number of nitrogens with zero attached hydrogens (tertiary/aromatic N) is 3. The van der Waals surface area contributed by atoms with Crippen LogP contribution in [-0.2, 0) is 11.2 Å². The molecule has 1 amide bonds. The molecule has 5 nitrogen and oxygen atoms in total. The van der Waals surface area contributed by atoms with Gasteiger partial charge in [0.05, 0.1) is 18.7 Å². The second kappa shape index (κ2) is 8.38. The van der Waals surface area contributed by atoms with E-state index < -0.39 is 0 Å². The summed E-state index contributed by atoms with van der Waals surface area (Å²) < 4.78 is 5.41. The summed E-state index contributed by atoms with van der Waals surface area (Å²) in [6, 6.07) is 14.7. The van der Waals surface area contributed by atoms with Gasteiger partial charge in [0.1, 0.15) is 0 Å². The van der Waals surface area contributed by atoms with Crippen molar-refractivity contribution in [2.45, 2.75) is 34.1 Å². The SMILES string of the molecule is Cc1cc(-c2ccc3c(c2)CCN=C3C(C)(C)C)c2cc(C(=O)N3CCOCC3)ccc2n1. The van der Waals surface area contributed by atoms with Gasteiger partial charge in [0.2, 0.25) is 0 Å². The van der Waals surface area contributed by atoms with E-state index in [1.165, 1.54) is 16.8 Å². The molecular weight excluding hydrogens is 410 g/mol. The molecule has 5 rings (SSSR count). The van der Waals surface area contributed by atoms with Crippen molar-refractivity contribution in [2.24, 2.45) is 10.4 Å². The lowest BCUT2D eigenvalue weighted by Gasteiger charge is -2.27. The number of carbonyl (C=O) groups is 1. The van der Waals surface area contributed by atoms with E-state index >= 15 is 0 Å². The molecule has 0 saturated carbocycles. The van der Waals surface area contributed by atoms with E-state index in [4.69, 9.17) is 14.7 Å². The Morgan fingerprint density at radius 1 is 1.00 bits per heavy atom. The van der Waals surface area contributed by atoms with Crippen LogP contribution in [0.2, 0.25) is 0 Å². The Kier molecular flexibility index (Phi) is 5.53. The predicted molar refractivity (Wildman–Crippen MR) is 133 cm³/mol. The largest absolute Gasteiger partial charge is 0.378 e. The summed E-state index contributed by atoms with van der Waals surface area (Å²) in [7, 11) is 0. The molecule has 0 unspecified atom stereocenters. The molecule has 170 valence electrons. The van der Waals surface area contributed by atoms with Gasteiger partial charge in [-0.3, -0.25) is 14.8 Å². The fourth-order valence-electron chi connectivity index (χ4n) is 4.89. The quantitative estimate of drug-likeness (QED) is 0.558. The molecule has 0 spiro atoms. The standard InChI is InChI=1S/C28H31N3O2/c1-18-15-23(19-5-7-22-20(16-19)9-10-29-26(22)28(2,3)4)24-17-21(6-8-25(24)30-18)27(32)31-11-13-33-14-12-31/h5-8,15-17H,9-14H2,1-4H3. The highest BCUT2D eigenvalue weighted by atomic mass is 16.5. The lowest BCUT2D eigenvalue weighted by atomic mass is 9.81. The minimum absolute atomic E-state index is 0.0192. The number of pyridine rings is 1. The Balaban J connectivity index is 1.59. The minimum atomic E-state index is 0.0192. The molecule has 2 aliphatic heterocycles. The van der Waals surface area contributed by atoms with Crippen molar-refractivity contribution in [1.82, 2.24) is 9.88 Å². The van der Waals surface area contributed by atoms with E-state index in [0.717, 1.165) is 40.7 Å². The number of benzene rings is 2. The smallest absolute Gasteiger partial charge is 0.254 e. The van der Waals surface area contributed by atoms with Gasteiger partial charge in [-0.2, -0.15) is 0 Å². The summed E-state index contributed by atoms with van der Waals surface area (Å²) in [6.45, 7) is 12.0. The van der Waals surface area contributed by atoms with Crippen molar-refractivity contribution in [3.8, 4) is 11.1 Å². The van der Waals surface area contributed by atoms with Gasteiger partial charge in [0, 0.05) is 47.4 Å². The number of hydrogen-bond donors (Lipinski definition) is 0. The van der Waals surface area contributed by atoms with Crippen molar-refractivity contribution in [3.05, 3.63) is 64.8 Å². The summed E-state index contributed by atoms with van der Waals surface area (Å²) in [5, 5.41) is 1.01. The van der Waals surface area contributed by atoms with Crippen molar-refractivity contribution < 1.29 is 9.53 Å². The van der Waals surface area contributed by atoms with Gasteiger partial charge in [0.15, 0.2) is 0 Å². The van der Waals surface area contributed by atoms with E-state index in [1.54, 1.807) is 0 Å². The number of carbonyl (C=O) groups excluding carboxylic acids is 1. The molecule has 3 heterocycles. The molecule has 0 aliphatic carbocycles. The maximum atomic E-state index is 13.1. The van der Waals surface area contributed by atoms with E-state index in [0.29, 0.717) is 31.9 Å². The van der Waals surface area contributed by atoms with Crippen molar-refractivity contribution in [2.75, 3.05) is 32.8 Å². The Morgan fingerprint density at radius 3 is 2.55 bits per heavy atom. The fraction of sp³-hybridized carbons (Fsp3) is 0.393. The van der Waals surface area contributed by atoms with E-state index in [1.807, 2.05) is 30.0 Å². The van der Waals surface area contributed by atoms with E-state index in [-0.39, 0.29) is 11.3 Å². The average Bonchev–Trinajstić information content (AvgIpc) is 2.82. The molecule has 5 heteroatoms. The van der Waals surface area contributed by atoms with Gasteiger partial charge in [0.25, 0.3) is 5.91 Å². The molecule has 1 saturated heterocycles. The number of aromatic nitrogens is 1. The first-order valence-electron chi connectivity index (χ1n) is 11.8. The lowest BCUT2D eigenvalue weighted by molar-refractivity contribution is 0.0303. The van der Waals surface area contributed by atoms with Crippen LogP contribution in [0.3, 0.4) is 0 Å². The van der Waals surface area contributed by atoms with Crippen LogP contribution in [0.5, 0.6) is 0 Å². The van der Waals surface area contributed by atoms with Crippen LogP contribution in [-0.4, -0.2) is 54.4 Å². The maximum absolute atomic E-state index is 13.1. The molecule has 0 radical (unpaired) electrons. The third kappa shape index (κ3) is 4.18. The molecule has 33 heavy (non-hydrogen) atoms. The highest BCUT2D eigenvalue weighted by Gasteiger charge is 2.26. The van der Waals surface area contributed by atoms with Crippen LogP contribution in [0.15, 0.2) is 47.5 Å². The highest BCUT2D eigenvalue weighted by Crippen LogP contribution is 2.34. The first-order valence-corrected chi connectivity index (χ1v) is 11.8. The first kappa shape index (κ1) is 21.8. The third-order valence-corrected chi connectivity index (χ3v) is 6.51. The van der Waals surface area contributed by atoms with Crippen LogP contribution in [0.1, 0.15) is 48.0 Å². The van der Waals surface area contributed by atoms with Crippen LogP contribution in [0, 0.1) is 12.3 Å². The highest BCUT2D eigenvalue weighted by molar-refractivity contribution is 6.07. The third-order valence-electron chi connectivity index (χ3n) is 6.51. The predicted octanol–water partition coefficient (Wildman–Crippen LogP) is 5.07. The second-order valence-electron chi connectivity index (χ2n) is 10.0. The van der Waals surface area contributed by atoms with E-state index in [2.05, 4.69) is 45.0 Å². The van der Waals surface area contributed by atoms with Crippen LogP contribution >= 0.6 is 0 Å². The maximum Gasteiger partial charge on any atom is 0.254 e. The zero-order valence-electron chi connectivity index (χ0n) is 19.9. The molecule has 2 aliphatic rings. The van der Waals surface area contributed by atoms with Crippen molar-refractivity contribution >= 4 is 22.5 Å². The normalized spacial score (nSPS) is 16.5. The van der Waals surface area contributed by atoms with Gasteiger partial charge in [-0.25, -0.2) is 0 Å². The second-order valence-corrected chi connectivity index (χ2v) is 10.0. The zero-order valence-corrected chi connectivity index (χ0v) is 19.9. The van der Waals surface area contributed by atoms with E-state index in [9.17, 15) is 4.79 Å². The van der Waals surface area contributed by atoms with Gasteiger partial charge >= 0.3 is 0 Å². The lowest BCUT2D eigenvalue weighted by Crippen LogP contribution is -2.40. The van der Waals surface area contributed by atoms with Crippen molar-refractivity contribution in [3.63, 3.8) is 0 Å². The molecule has 0 atom stereocenters. The molecule has 0 N–H and O–H groups in total. The molecule has 2 aromatic carbocycles. The minimum Gasteiger partial charge on any atom is -0.378 e. The van der Waals surface area contributed by atoms with Crippen LogP contribution < -0.4 is 0 Å². The number of fused-ring (bicyclic) bond motifs is 2. The number of hydrogen-bond acceptors (Lipinski definition) is 4.